The van der Waals surface area contributed by atoms with E-state index in [0.29, 0.717) is 47.5 Å². The number of phenols is 1. The molecule has 0 aliphatic rings. The molecule has 0 radical (unpaired) electrons. The van der Waals surface area contributed by atoms with Crippen LogP contribution in [-0.2, 0) is 70.8 Å². The van der Waals surface area contributed by atoms with Gasteiger partial charge in [0.2, 0.25) is 0 Å². The summed E-state index contributed by atoms with van der Waals surface area (Å²) in [4.78, 5) is -6.95. The van der Waals surface area contributed by atoms with Crippen LogP contribution in [0.5, 0.6) is 17.2 Å². The van der Waals surface area contributed by atoms with Crippen molar-refractivity contribution in [2.24, 2.45) is 20.5 Å². The Morgan fingerprint density at radius 1 is 0.423 bits per heavy atom. The highest BCUT2D eigenvalue weighted by atomic mass is 32.2. The number of hydrogen-bond donors (Lipinski definition) is 7. The van der Waals surface area contributed by atoms with Gasteiger partial charge in [-0.1, -0.05) is 41.5 Å². The van der Waals surface area contributed by atoms with E-state index in [1.807, 2.05) is 0 Å². The fourth-order valence-corrected chi connectivity index (χ4v) is 12.6. The number of hydrogen-bond acceptors (Lipinski definition) is 22. The van der Waals surface area contributed by atoms with E-state index in [1.165, 1.54) is 42.5 Å². The first-order valence-corrected chi connectivity index (χ1v) is 31.0. The molecule has 408 valence electrons. The van der Waals surface area contributed by atoms with Crippen molar-refractivity contribution in [3.05, 3.63) is 126 Å². The Kier molecular flexibility index (Phi) is 14.3. The molecule has 0 unspecified atom stereocenters. The van der Waals surface area contributed by atoms with E-state index < -0.39 is 162 Å². The zero-order chi connectivity index (χ0) is 57.5. The molecule has 8 aromatic carbocycles. The average molecular weight is 1210 g/mol. The maximum Gasteiger partial charge on any atom is 0.339 e. The number of benzene rings is 8. The Morgan fingerprint density at radius 2 is 0.923 bits per heavy atom. The number of azo groups is 2. The van der Waals surface area contributed by atoms with Crippen molar-refractivity contribution >= 4 is 132 Å². The summed E-state index contributed by atoms with van der Waals surface area (Å²) in [7, 11) is -36.8. The van der Waals surface area contributed by atoms with Crippen LogP contribution in [0.25, 0.3) is 32.3 Å². The molecular weight excluding hydrogens is 1170 g/mol. The standard InChI is InChI=1S/C44H33N5O22S7/c1-22-3-9-26(10-4-22)77(66,67)70-36-19-29(73(54,55)56)17-32-30(36)13-14-34(44(32)76(63,64)65)47-49-42-39(75(60,61)62)20-33-38(74(57,58)59)21-35(41(45)40(33)43(42)50)48-46-25-8-7-24-15-28(72(51,52)53)18-37(31(24)16-25)71-78(68,69)27-11-5-23(2)6-12-27/h3-21,50H,45H2,1-2H3,(H,51,52,53)(H,54,55,56)(H,57,58,59)(H,60,61,62)(H,63,64,65). The Labute approximate surface area is 442 Å². The van der Waals surface area contributed by atoms with Gasteiger partial charge in [0.25, 0.3) is 50.6 Å². The molecule has 0 spiro atoms. The molecule has 0 saturated carbocycles. The Hall–Kier alpha value is -7.61. The van der Waals surface area contributed by atoms with Gasteiger partial charge in [0.05, 0.1) is 26.6 Å². The van der Waals surface area contributed by atoms with Gasteiger partial charge in [-0.15, -0.1) is 15.3 Å². The van der Waals surface area contributed by atoms with Crippen molar-refractivity contribution in [2.75, 3.05) is 5.73 Å². The lowest BCUT2D eigenvalue weighted by molar-refractivity contribution is 0.471. The third-order valence-electron chi connectivity index (χ3n) is 11.2. The third-order valence-corrected chi connectivity index (χ3v) is 18.0. The highest BCUT2D eigenvalue weighted by Crippen LogP contribution is 2.49. The van der Waals surface area contributed by atoms with Crippen molar-refractivity contribution < 1.29 is 95.2 Å². The summed E-state index contributed by atoms with van der Waals surface area (Å²) in [6.07, 6.45) is 0. The van der Waals surface area contributed by atoms with E-state index in [-0.39, 0.29) is 21.4 Å². The summed E-state index contributed by atoms with van der Waals surface area (Å²) in [5.74, 6) is -3.05. The quantitative estimate of drug-likeness (QED) is 0.0224. The molecule has 0 heterocycles. The van der Waals surface area contributed by atoms with Crippen LogP contribution in [0, 0.1) is 13.8 Å². The predicted molar refractivity (Wildman–Crippen MR) is 273 cm³/mol. The lowest BCUT2D eigenvalue weighted by Gasteiger charge is -2.15. The maximum absolute atomic E-state index is 13.3. The van der Waals surface area contributed by atoms with E-state index in [4.69, 9.17) is 14.1 Å². The number of fused-ring (bicyclic) bond motifs is 3. The van der Waals surface area contributed by atoms with Crippen LogP contribution in [0.3, 0.4) is 0 Å². The summed E-state index contributed by atoms with van der Waals surface area (Å²) in [5.41, 5.74) is 3.47. The monoisotopic (exact) mass is 1210 g/mol. The minimum Gasteiger partial charge on any atom is -0.505 e. The van der Waals surface area contributed by atoms with Crippen molar-refractivity contribution in [3.8, 4) is 17.2 Å². The first-order valence-electron chi connectivity index (χ1n) is 21.0. The number of phenolic OH excluding ortho intramolecular Hbond substituents is 1. The zero-order valence-electron chi connectivity index (χ0n) is 38.9. The van der Waals surface area contributed by atoms with Crippen LogP contribution in [0.2, 0.25) is 0 Å². The second-order valence-corrected chi connectivity index (χ2v) is 26.6. The first kappa shape index (κ1) is 56.6. The van der Waals surface area contributed by atoms with Gasteiger partial charge in [-0.3, -0.25) is 22.8 Å². The number of aromatic hydroxyl groups is 1. The normalized spacial score (nSPS) is 13.3. The van der Waals surface area contributed by atoms with Gasteiger partial charge < -0.3 is 19.2 Å². The van der Waals surface area contributed by atoms with E-state index in [1.54, 1.807) is 13.8 Å². The van der Waals surface area contributed by atoms with Crippen LogP contribution in [-0.4, -0.2) is 86.8 Å². The highest BCUT2D eigenvalue weighted by molar-refractivity contribution is 7.88. The molecule has 0 fully saturated rings. The van der Waals surface area contributed by atoms with Crippen LogP contribution in [0.15, 0.2) is 170 Å². The molecule has 0 aliphatic heterocycles. The molecule has 0 bridgehead atoms. The van der Waals surface area contributed by atoms with Crippen molar-refractivity contribution in [2.45, 2.75) is 48.1 Å². The average Bonchev–Trinajstić information content (AvgIpc) is 3.33. The SMILES string of the molecule is Cc1ccc(S(=O)(=O)Oc2cc(S(=O)(=O)O)cc3ccc(N=Nc4cc(S(=O)(=O)O)c5cc(S(=O)(=O)O)c(N=Nc6ccc7c(OS(=O)(=O)c8ccc(C)cc8)cc(S(=O)(=O)O)cc7c6S(=O)(=O)O)c(O)c5c4N)cc23)cc1. The van der Waals surface area contributed by atoms with E-state index in [2.05, 4.69) is 20.5 Å². The summed E-state index contributed by atoms with van der Waals surface area (Å²) >= 11 is 0. The van der Waals surface area contributed by atoms with Gasteiger partial charge in [-0.2, -0.15) is 64.0 Å². The molecule has 0 atom stereocenters. The summed E-state index contributed by atoms with van der Waals surface area (Å²) in [6.45, 7) is 3.31. The second-order valence-electron chi connectivity index (χ2n) is 16.5. The van der Waals surface area contributed by atoms with Crippen LogP contribution in [0.1, 0.15) is 11.1 Å². The third kappa shape index (κ3) is 11.5. The predicted octanol–water partition coefficient (Wildman–Crippen LogP) is 7.65. The lowest BCUT2D eigenvalue weighted by Crippen LogP contribution is -2.11. The molecule has 0 amide bonds. The molecule has 8 N–H and O–H groups in total. The number of nitrogens with zero attached hydrogens (tertiary/aromatic N) is 4. The molecule has 8 rings (SSSR count). The fraction of sp³-hybridized carbons (Fsp3) is 0.0455. The first-order chi connectivity index (χ1) is 35.9. The number of nitrogens with two attached hydrogens (primary N) is 1. The highest BCUT2D eigenvalue weighted by Gasteiger charge is 2.31. The minimum atomic E-state index is -5.71. The molecule has 8 aromatic rings. The lowest BCUT2D eigenvalue weighted by atomic mass is 10.0. The minimum absolute atomic E-state index is 0.0447. The van der Waals surface area contributed by atoms with Crippen LogP contribution < -0.4 is 14.1 Å². The summed E-state index contributed by atoms with van der Waals surface area (Å²) < 4.78 is 242. The second kappa shape index (κ2) is 19.7. The number of anilines is 1. The zero-order valence-corrected chi connectivity index (χ0v) is 44.6. The molecule has 27 nitrogen and oxygen atoms in total. The van der Waals surface area contributed by atoms with Gasteiger partial charge in [0.1, 0.15) is 41.5 Å². The van der Waals surface area contributed by atoms with E-state index >= 15 is 0 Å². The van der Waals surface area contributed by atoms with Gasteiger partial charge in [0, 0.05) is 33.7 Å². The molecule has 0 aliphatic carbocycles. The van der Waals surface area contributed by atoms with Crippen molar-refractivity contribution in [3.63, 3.8) is 0 Å². The largest absolute Gasteiger partial charge is 0.505 e. The van der Waals surface area contributed by atoms with Gasteiger partial charge in [0.15, 0.2) is 17.2 Å². The number of aryl methyl sites for hydroxylation is 2. The number of rotatable bonds is 15. The maximum atomic E-state index is 13.3. The molecule has 34 heteroatoms. The molecular formula is C44H33N5O22S7. The van der Waals surface area contributed by atoms with Crippen molar-refractivity contribution in [1.82, 2.24) is 0 Å². The van der Waals surface area contributed by atoms with Gasteiger partial charge in [-0.25, -0.2) is 0 Å². The van der Waals surface area contributed by atoms with Crippen LogP contribution >= 0.6 is 0 Å². The Morgan fingerprint density at radius 3 is 1.42 bits per heavy atom. The fourth-order valence-electron chi connectivity index (χ4n) is 7.53. The van der Waals surface area contributed by atoms with E-state index in [0.717, 1.165) is 36.4 Å². The topological polar surface area (TPSA) is 454 Å². The summed E-state index contributed by atoms with van der Waals surface area (Å²) in [5, 5.41) is 23.2. The molecule has 78 heavy (non-hydrogen) atoms. The smallest absolute Gasteiger partial charge is 0.339 e. The van der Waals surface area contributed by atoms with E-state index in [9.17, 15) is 86.8 Å². The van der Waals surface area contributed by atoms with Gasteiger partial charge in [-0.05, 0) is 92.0 Å². The van der Waals surface area contributed by atoms with Gasteiger partial charge >= 0.3 is 20.2 Å². The molecule has 0 saturated heterocycles. The Bertz CT molecular complexity index is 4810. The van der Waals surface area contributed by atoms with Crippen LogP contribution in [0.4, 0.5) is 28.4 Å². The molecule has 0 aromatic heterocycles. The Balaban J connectivity index is 1.30. The number of nitrogen functional groups attached to an aromatic ring is 1. The van der Waals surface area contributed by atoms with Crippen molar-refractivity contribution in [1.29, 1.82) is 0 Å². The summed E-state index contributed by atoms with van der Waals surface area (Å²) in [6, 6.07) is 18.8.